The van der Waals surface area contributed by atoms with E-state index in [1.165, 1.54) is 38.5 Å². The molecule has 1 heterocycles. The molecule has 1 aromatic heterocycles. The number of nitrogens with zero attached hydrogens (tertiary/aromatic N) is 2. The minimum atomic E-state index is 0.479. The summed E-state index contributed by atoms with van der Waals surface area (Å²) in [5.41, 5.74) is 0. The maximum Gasteiger partial charge on any atom is 0.245 e. The second-order valence-electron chi connectivity index (χ2n) is 5.70. The van der Waals surface area contributed by atoms with Gasteiger partial charge in [0.1, 0.15) is 12.4 Å². The lowest BCUT2D eigenvalue weighted by Crippen LogP contribution is -2.35. The SMILES string of the molecule is CCCCn1cc[n+](COC2CCC(C)CC2)c1. The first kappa shape index (κ1) is 13.6. The van der Waals surface area contributed by atoms with Crippen molar-refractivity contribution in [1.29, 1.82) is 0 Å². The molecule has 3 heteroatoms. The summed E-state index contributed by atoms with van der Waals surface area (Å²) < 4.78 is 10.4. The van der Waals surface area contributed by atoms with Crippen LogP contribution in [-0.2, 0) is 18.0 Å². The highest BCUT2D eigenvalue weighted by molar-refractivity contribution is 4.69. The second-order valence-corrected chi connectivity index (χ2v) is 5.70. The fourth-order valence-electron chi connectivity index (χ4n) is 2.58. The molecule has 0 radical (unpaired) electrons. The summed E-state index contributed by atoms with van der Waals surface area (Å²) in [6, 6.07) is 0. The van der Waals surface area contributed by atoms with Crippen molar-refractivity contribution in [1.82, 2.24) is 4.57 Å². The lowest BCUT2D eigenvalue weighted by atomic mass is 9.89. The van der Waals surface area contributed by atoms with E-state index >= 15 is 0 Å². The summed E-state index contributed by atoms with van der Waals surface area (Å²) in [5, 5.41) is 0. The number of hydrogen-bond acceptors (Lipinski definition) is 1. The highest BCUT2D eigenvalue weighted by Gasteiger charge is 2.19. The number of ether oxygens (including phenoxy) is 1. The molecule has 102 valence electrons. The fourth-order valence-corrected chi connectivity index (χ4v) is 2.58. The predicted molar refractivity (Wildman–Crippen MR) is 72.0 cm³/mol. The van der Waals surface area contributed by atoms with E-state index in [9.17, 15) is 0 Å². The van der Waals surface area contributed by atoms with E-state index in [1.807, 2.05) is 0 Å². The van der Waals surface area contributed by atoms with Crippen LogP contribution in [0, 0.1) is 5.92 Å². The Hall–Kier alpha value is -0.830. The van der Waals surface area contributed by atoms with Gasteiger partial charge in [-0.1, -0.05) is 20.3 Å². The van der Waals surface area contributed by atoms with Crippen LogP contribution in [0.3, 0.4) is 0 Å². The molecule has 1 aliphatic carbocycles. The molecule has 0 unspecified atom stereocenters. The summed E-state index contributed by atoms with van der Waals surface area (Å²) in [6.07, 6.45) is 14.5. The number of rotatable bonds is 6. The van der Waals surface area contributed by atoms with Crippen LogP contribution in [0.1, 0.15) is 52.4 Å². The summed E-state index contributed by atoms with van der Waals surface area (Å²) >= 11 is 0. The maximum atomic E-state index is 5.98. The second kappa shape index (κ2) is 6.93. The summed E-state index contributed by atoms with van der Waals surface area (Å²) in [4.78, 5) is 0. The first-order valence-corrected chi connectivity index (χ1v) is 7.44. The van der Waals surface area contributed by atoms with Crippen LogP contribution >= 0.6 is 0 Å². The van der Waals surface area contributed by atoms with Crippen LogP contribution in [0.2, 0.25) is 0 Å². The molecule has 0 amide bonds. The zero-order valence-electron chi connectivity index (χ0n) is 11.8. The van der Waals surface area contributed by atoms with Crippen molar-refractivity contribution in [2.24, 2.45) is 5.92 Å². The highest BCUT2D eigenvalue weighted by atomic mass is 16.5. The average molecular weight is 251 g/mol. The molecule has 1 saturated carbocycles. The Labute approximate surface area is 111 Å². The highest BCUT2D eigenvalue weighted by Crippen LogP contribution is 2.25. The van der Waals surface area contributed by atoms with Crippen LogP contribution in [-0.4, -0.2) is 10.7 Å². The molecule has 2 rings (SSSR count). The van der Waals surface area contributed by atoms with Crippen molar-refractivity contribution in [2.75, 3.05) is 0 Å². The Bertz CT molecular complexity index is 340. The molecule has 1 aliphatic rings. The predicted octanol–water partition coefficient (Wildman–Crippen LogP) is 3.13. The molecule has 0 spiro atoms. The van der Waals surface area contributed by atoms with E-state index in [-0.39, 0.29) is 0 Å². The number of aryl methyl sites for hydroxylation is 1. The minimum absolute atomic E-state index is 0.479. The Balaban J connectivity index is 1.71. The molecule has 0 bridgehead atoms. The quantitative estimate of drug-likeness (QED) is 0.710. The lowest BCUT2D eigenvalue weighted by molar-refractivity contribution is -0.734. The number of imidazole rings is 1. The molecule has 0 saturated heterocycles. The molecule has 1 aromatic rings. The number of hydrogen-bond donors (Lipinski definition) is 0. The molecule has 3 nitrogen and oxygen atoms in total. The van der Waals surface area contributed by atoms with Crippen LogP contribution in [0.5, 0.6) is 0 Å². The smallest absolute Gasteiger partial charge is 0.245 e. The van der Waals surface area contributed by atoms with E-state index in [1.54, 1.807) is 0 Å². The van der Waals surface area contributed by atoms with Gasteiger partial charge in [-0.2, -0.15) is 0 Å². The van der Waals surface area contributed by atoms with Crippen molar-refractivity contribution in [2.45, 2.75) is 71.8 Å². The zero-order valence-corrected chi connectivity index (χ0v) is 11.8. The number of unbranched alkanes of at least 4 members (excludes halogenated alkanes) is 1. The van der Waals surface area contributed by atoms with Crippen molar-refractivity contribution < 1.29 is 9.30 Å². The van der Waals surface area contributed by atoms with Gasteiger partial charge in [0.25, 0.3) is 0 Å². The third kappa shape index (κ3) is 4.13. The van der Waals surface area contributed by atoms with Gasteiger partial charge in [0, 0.05) is 0 Å². The fraction of sp³-hybridized carbons (Fsp3) is 0.800. The largest absolute Gasteiger partial charge is 0.338 e. The first-order valence-electron chi connectivity index (χ1n) is 7.44. The Morgan fingerprint density at radius 1 is 1.28 bits per heavy atom. The average Bonchev–Trinajstić information content (AvgIpc) is 2.84. The topological polar surface area (TPSA) is 18.0 Å². The van der Waals surface area contributed by atoms with Gasteiger partial charge in [-0.25, -0.2) is 9.13 Å². The van der Waals surface area contributed by atoms with Crippen LogP contribution in [0.25, 0.3) is 0 Å². The molecular weight excluding hydrogens is 224 g/mol. The van der Waals surface area contributed by atoms with Gasteiger partial charge in [0.15, 0.2) is 6.73 Å². The number of aromatic nitrogens is 2. The molecule has 1 fully saturated rings. The Morgan fingerprint density at radius 2 is 2.06 bits per heavy atom. The molecule has 0 aliphatic heterocycles. The van der Waals surface area contributed by atoms with E-state index < -0.39 is 0 Å². The Kier molecular flexibility index (Phi) is 5.24. The summed E-state index contributed by atoms with van der Waals surface area (Å²) in [5.74, 6) is 0.896. The third-order valence-corrected chi connectivity index (χ3v) is 3.94. The van der Waals surface area contributed by atoms with Crippen LogP contribution < -0.4 is 4.57 Å². The Morgan fingerprint density at radius 3 is 2.78 bits per heavy atom. The van der Waals surface area contributed by atoms with Crippen molar-refractivity contribution in [3.05, 3.63) is 18.7 Å². The third-order valence-electron chi connectivity index (χ3n) is 3.94. The van der Waals surface area contributed by atoms with Gasteiger partial charge in [0.05, 0.1) is 12.6 Å². The van der Waals surface area contributed by atoms with Gasteiger partial charge in [-0.15, -0.1) is 0 Å². The molecule has 18 heavy (non-hydrogen) atoms. The van der Waals surface area contributed by atoms with Crippen LogP contribution in [0.15, 0.2) is 18.7 Å². The maximum absolute atomic E-state index is 5.98. The minimum Gasteiger partial charge on any atom is -0.338 e. The van der Waals surface area contributed by atoms with Gasteiger partial charge in [-0.05, 0) is 38.0 Å². The van der Waals surface area contributed by atoms with E-state index in [0.29, 0.717) is 12.8 Å². The molecule has 0 atom stereocenters. The van der Waals surface area contributed by atoms with E-state index in [4.69, 9.17) is 4.74 Å². The summed E-state index contributed by atoms with van der Waals surface area (Å²) in [7, 11) is 0. The summed E-state index contributed by atoms with van der Waals surface area (Å²) in [6.45, 7) is 6.40. The lowest BCUT2D eigenvalue weighted by Gasteiger charge is -2.25. The first-order chi connectivity index (χ1) is 8.78. The van der Waals surface area contributed by atoms with E-state index in [2.05, 4.69) is 41.7 Å². The van der Waals surface area contributed by atoms with Crippen molar-refractivity contribution in [3.8, 4) is 0 Å². The standard InChI is InChI=1S/C15H27N2O/c1-3-4-9-16-10-11-17(12-16)13-18-15-7-5-14(2)6-8-15/h10-12,14-15H,3-9,13H2,1-2H3/q+1. The molecule has 0 aromatic carbocycles. The van der Waals surface area contributed by atoms with Gasteiger partial charge in [0.2, 0.25) is 6.33 Å². The van der Waals surface area contributed by atoms with Gasteiger partial charge in [-0.3, -0.25) is 0 Å². The molecular formula is C15H27N2O+. The van der Waals surface area contributed by atoms with Crippen LogP contribution in [0.4, 0.5) is 0 Å². The van der Waals surface area contributed by atoms with Crippen molar-refractivity contribution in [3.63, 3.8) is 0 Å². The normalized spacial score (nSPS) is 24.3. The van der Waals surface area contributed by atoms with Gasteiger partial charge < -0.3 is 4.74 Å². The molecule has 0 N–H and O–H groups in total. The van der Waals surface area contributed by atoms with E-state index in [0.717, 1.165) is 12.5 Å². The van der Waals surface area contributed by atoms with Crippen molar-refractivity contribution >= 4 is 0 Å². The zero-order chi connectivity index (χ0) is 12.8. The monoisotopic (exact) mass is 251 g/mol. The van der Waals surface area contributed by atoms with Gasteiger partial charge >= 0.3 is 0 Å².